The lowest BCUT2D eigenvalue weighted by molar-refractivity contribution is 0.371. The molecular weight excluding hydrogens is 164 g/mol. The molecule has 0 saturated carbocycles. The second-order valence-corrected chi connectivity index (χ2v) is 2.63. The van der Waals surface area contributed by atoms with E-state index in [0.29, 0.717) is 10.8 Å². The Morgan fingerprint density at radius 2 is 2.09 bits per heavy atom. The molecule has 0 radical (unpaired) electrons. The normalized spacial score (nSPS) is 9.73. The summed E-state index contributed by atoms with van der Waals surface area (Å²) in [7, 11) is 1.50. The third kappa shape index (κ3) is 1.40. The first-order valence-corrected chi connectivity index (χ1v) is 3.56. The van der Waals surface area contributed by atoms with Gasteiger partial charge in [0.25, 0.3) is 0 Å². The van der Waals surface area contributed by atoms with Crippen molar-refractivity contribution < 1.29 is 9.84 Å². The minimum atomic E-state index is 0.120. The van der Waals surface area contributed by atoms with Gasteiger partial charge >= 0.3 is 0 Å². The monoisotopic (exact) mass is 172 g/mol. The molecule has 0 aromatic heterocycles. The molecule has 11 heavy (non-hydrogen) atoms. The van der Waals surface area contributed by atoms with Gasteiger partial charge in [0.1, 0.15) is 0 Å². The van der Waals surface area contributed by atoms with E-state index in [1.807, 2.05) is 0 Å². The number of methoxy groups -OCH3 is 1. The Bertz CT molecular complexity index is 271. The number of halogens is 1. The number of phenolic OH excluding ortho intramolecular Hbond substituents is 1. The summed E-state index contributed by atoms with van der Waals surface area (Å²) in [6.07, 6.45) is 0. The summed E-state index contributed by atoms with van der Waals surface area (Å²) in [5.41, 5.74) is 0.758. The summed E-state index contributed by atoms with van der Waals surface area (Å²) in [5, 5.41) is 9.83. The van der Waals surface area contributed by atoms with Gasteiger partial charge in [0.05, 0.1) is 7.11 Å². The van der Waals surface area contributed by atoms with E-state index in [4.69, 9.17) is 16.3 Å². The van der Waals surface area contributed by atoms with Crippen molar-refractivity contribution in [2.45, 2.75) is 6.92 Å². The smallest absolute Gasteiger partial charge is 0.164 e. The van der Waals surface area contributed by atoms with Crippen molar-refractivity contribution in [2.75, 3.05) is 7.11 Å². The van der Waals surface area contributed by atoms with Gasteiger partial charge in [-0.1, -0.05) is 11.6 Å². The Kier molecular flexibility index (Phi) is 2.25. The minimum absolute atomic E-state index is 0.120. The Morgan fingerprint density at radius 3 is 2.55 bits per heavy atom. The number of hydrogen-bond acceptors (Lipinski definition) is 2. The number of hydrogen-bond donors (Lipinski definition) is 1. The van der Waals surface area contributed by atoms with Crippen LogP contribution in [0.15, 0.2) is 12.1 Å². The molecule has 0 unspecified atom stereocenters. The second kappa shape index (κ2) is 3.01. The third-order valence-electron chi connectivity index (χ3n) is 1.52. The van der Waals surface area contributed by atoms with Gasteiger partial charge < -0.3 is 9.84 Å². The first-order valence-electron chi connectivity index (χ1n) is 3.19. The number of ether oxygens (including phenoxy) is 1. The van der Waals surface area contributed by atoms with Crippen molar-refractivity contribution in [3.8, 4) is 11.5 Å². The van der Waals surface area contributed by atoms with Gasteiger partial charge in [0.15, 0.2) is 11.5 Å². The zero-order chi connectivity index (χ0) is 8.43. The predicted octanol–water partition coefficient (Wildman–Crippen LogP) is 2.36. The first-order chi connectivity index (χ1) is 5.16. The highest BCUT2D eigenvalue weighted by Gasteiger charge is 2.06. The summed E-state index contributed by atoms with van der Waals surface area (Å²) >= 11 is 5.77. The maximum atomic E-state index is 9.23. The van der Waals surface area contributed by atoms with E-state index in [9.17, 15) is 5.11 Å². The summed E-state index contributed by atoms with van der Waals surface area (Å²) < 4.78 is 4.92. The van der Waals surface area contributed by atoms with Crippen LogP contribution in [0.1, 0.15) is 5.56 Å². The van der Waals surface area contributed by atoms with Crippen LogP contribution in [0.5, 0.6) is 11.5 Å². The van der Waals surface area contributed by atoms with Gasteiger partial charge in [-0.2, -0.15) is 0 Å². The summed E-state index contributed by atoms with van der Waals surface area (Å²) in [6, 6.07) is 3.14. The molecule has 0 heterocycles. The second-order valence-electron chi connectivity index (χ2n) is 2.22. The van der Waals surface area contributed by atoms with E-state index in [1.54, 1.807) is 13.0 Å². The van der Waals surface area contributed by atoms with Crippen molar-refractivity contribution in [2.24, 2.45) is 0 Å². The van der Waals surface area contributed by atoms with Crippen LogP contribution >= 0.6 is 11.6 Å². The summed E-state index contributed by atoms with van der Waals surface area (Å²) in [4.78, 5) is 0. The summed E-state index contributed by atoms with van der Waals surface area (Å²) in [6.45, 7) is 1.79. The maximum Gasteiger partial charge on any atom is 0.164 e. The third-order valence-corrected chi connectivity index (χ3v) is 1.93. The molecule has 1 aromatic rings. The Labute approximate surface area is 70.4 Å². The van der Waals surface area contributed by atoms with Crippen LogP contribution in [-0.2, 0) is 0 Å². The first kappa shape index (κ1) is 8.21. The Hall–Kier alpha value is -0.890. The fraction of sp³-hybridized carbons (Fsp3) is 0.250. The molecule has 0 bridgehead atoms. The Balaban J connectivity index is 3.29. The molecule has 0 spiro atoms. The molecule has 0 aliphatic rings. The average Bonchev–Trinajstić information content (AvgIpc) is 1.99. The van der Waals surface area contributed by atoms with Crippen molar-refractivity contribution in [1.29, 1.82) is 0 Å². The van der Waals surface area contributed by atoms with Crippen molar-refractivity contribution in [1.82, 2.24) is 0 Å². The highest BCUT2D eigenvalue weighted by atomic mass is 35.5. The number of aromatic hydroxyl groups is 1. The van der Waals surface area contributed by atoms with E-state index in [1.165, 1.54) is 13.2 Å². The van der Waals surface area contributed by atoms with Crippen LogP contribution in [0.3, 0.4) is 0 Å². The van der Waals surface area contributed by atoms with Gasteiger partial charge in [0.2, 0.25) is 0 Å². The van der Waals surface area contributed by atoms with Crippen molar-refractivity contribution in [3.05, 3.63) is 22.7 Å². The number of phenols is 1. The predicted molar refractivity (Wildman–Crippen MR) is 44.4 cm³/mol. The molecule has 1 aromatic carbocycles. The average molecular weight is 173 g/mol. The maximum absolute atomic E-state index is 9.23. The highest BCUT2D eigenvalue weighted by molar-refractivity contribution is 6.31. The van der Waals surface area contributed by atoms with Crippen LogP contribution in [-0.4, -0.2) is 12.2 Å². The standard InChI is InChI=1S/C8H9ClO2/c1-5-6(9)3-4-7(10)8(5)11-2/h3-4,10H,1-2H3. The molecule has 0 amide bonds. The van der Waals surface area contributed by atoms with Gasteiger partial charge in [-0.3, -0.25) is 0 Å². The SMILES string of the molecule is COc1c(O)ccc(Cl)c1C. The molecule has 1 rings (SSSR count). The van der Waals surface area contributed by atoms with Gasteiger partial charge in [-0.25, -0.2) is 0 Å². The van der Waals surface area contributed by atoms with Gasteiger partial charge in [-0.05, 0) is 19.1 Å². The highest BCUT2D eigenvalue weighted by Crippen LogP contribution is 2.33. The molecule has 0 atom stereocenters. The lowest BCUT2D eigenvalue weighted by atomic mass is 10.2. The molecule has 1 N–H and O–H groups in total. The van der Waals surface area contributed by atoms with Crippen LogP contribution in [0, 0.1) is 6.92 Å². The van der Waals surface area contributed by atoms with E-state index in [2.05, 4.69) is 0 Å². The molecule has 0 saturated heterocycles. The van der Waals surface area contributed by atoms with Crippen LogP contribution in [0.2, 0.25) is 5.02 Å². The number of rotatable bonds is 1. The van der Waals surface area contributed by atoms with Crippen molar-refractivity contribution >= 4 is 11.6 Å². The lowest BCUT2D eigenvalue weighted by Crippen LogP contribution is -1.87. The largest absolute Gasteiger partial charge is 0.504 e. The fourth-order valence-electron chi connectivity index (χ4n) is 0.911. The van der Waals surface area contributed by atoms with Gasteiger partial charge in [0, 0.05) is 10.6 Å². The molecule has 0 aliphatic carbocycles. The van der Waals surface area contributed by atoms with Crippen LogP contribution < -0.4 is 4.74 Å². The molecular formula is C8H9ClO2. The lowest BCUT2D eigenvalue weighted by Gasteiger charge is -2.07. The zero-order valence-corrected chi connectivity index (χ0v) is 7.14. The van der Waals surface area contributed by atoms with E-state index in [-0.39, 0.29) is 5.75 Å². The minimum Gasteiger partial charge on any atom is -0.504 e. The molecule has 0 fully saturated rings. The van der Waals surface area contributed by atoms with Crippen LogP contribution in [0.4, 0.5) is 0 Å². The van der Waals surface area contributed by atoms with Crippen molar-refractivity contribution in [3.63, 3.8) is 0 Å². The fourth-order valence-corrected chi connectivity index (χ4v) is 1.06. The molecule has 0 aliphatic heterocycles. The van der Waals surface area contributed by atoms with Gasteiger partial charge in [-0.15, -0.1) is 0 Å². The van der Waals surface area contributed by atoms with E-state index < -0.39 is 0 Å². The van der Waals surface area contributed by atoms with E-state index in [0.717, 1.165) is 5.56 Å². The van der Waals surface area contributed by atoms with Crippen LogP contribution in [0.25, 0.3) is 0 Å². The topological polar surface area (TPSA) is 29.5 Å². The Morgan fingerprint density at radius 1 is 1.45 bits per heavy atom. The van der Waals surface area contributed by atoms with E-state index >= 15 is 0 Å². The molecule has 2 nitrogen and oxygen atoms in total. The summed E-state index contributed by atoms with van der Waals surface area (Å²) in [5.74, 6) is 0.562. The molecule has 60 valence electrons. The quantitative estimate of drug-likeness (QED) is 0.705. The number of benzene rings is 1. The molecule has 3 heteroatoms. The zero-order valence-electron chi connectivity index (χ0n) is 6.39.